The minimum Gasteiger partial charge on any atom is -0.465 e. The Labute approximate surface area is 125 Å². The molecule has 6 nitrogen and oxygen atoms in total. The van der Waals surface area contributed by atoms with Crippen molar-refractivity contribution in [3.63, 3.8) is 0 Å². The van der Waals surface area contributed by atoms with Crippen molar-refractivity contribution in [2.45, 2.75) is 31.9 Å². The Kier molecular flexibility index (Phi) is 5.14. The summed E-state index contributed by atoms with van der Waals surface area (Å²) >= 11 is 0. The molecular formula is C15H23N3O3. The zero-order valence-electron chi connectivity index (χ0n) is 12.8. The lowest BCUT2D eigenvalue weighted by molar-refractivity contribution is 0.0599. The van der Waals surface area contributed by atoms with E-state index in [0.717, 1.165) is 25.2 Å². The topological polar surface area (TPSA) is 77.7 Å². The van der Waals surface area contributed by atoms with E-state index in [-0.39, 0.29) is 18.1 Å². The van der Waals surface area contributed by atoms with Crippen molar-refractivity contribution < 1.29 is 14.3 Å². The van der Waals surface area contributed by atoms with Crippen LogP contribution < -0.4 is 10.6 Å². The second-order valence-electron chi connectivity index (χ2n) is 5.26. The molecule has 6 heteroatoms. The second kappa shape index (κ2) is 6.87. The summed E-state index contributed by atoms with van der Waals surface area (Å²) < 4.78 is 10.2. The van der Waals surface area contributed by atoms with Crippen LogP contribution >= 0.6 is 0 Å². The summed E-state index contributed by atoms with van der Waals surface area (Å²) in [7, 11) is 3.11. The molecule has 1 saturated heterocycles. The van der Waals surface area contributed by atoms with Crippen molar-refractivity contribution >= 4 is 11.8 Å². The van der Waals surface area contributed by atoms with Gasteiger partial charge in [0.15, 0.2) is 0 Å². The number of carbonyl (C=O) groups is 1. The zero-order chi connectivity index (χ0) is 15.4. The van der Waals surface area contributed by atoms with E-state index in [1.54, 1.807) is 13.2 Å². The maximum atomic E-state index is 11.6. The minimum absolute atomic E-state index is 0.208. The van der Waals surface area contributed by atoms with E-state index >= 15 is 0 Å². The van der Waals surface area contributed by atoms with Crippen LogP contribution in [0.5, 0.6) is 0 Å². The van der Waals surface area contributed by atoms with E-state index in [2.05, 4.69) is 9.88 Å². The average Bonchev–Trinajstić information content (AvgIpc) is 2.53. The summed E-state index contributed by atoms with van der Waals surface area (Å²) in [6.07, 6.45) is 2.10. The summed E-state index contributed by atoms with van der Waals surface area (Å²) in [6.45, 7) is 3.22. The fourth-order valence-electron chi connectivity index (χ4n) is 2.79. The first-order valence-corrected chi connectivity index (χ1v) is 7.16. The largest absolute Gasteiger partial charge is 0.465 e. The average molecular weight is 293 g/mol. The van der Waals surface area contributed by atoms with E-state index in [0.29, 0.717) is 17.8 Å². The summed E-state index contributed by atoms with van der Waals surface area (Å²) in [4.78, 5) is 18.4. The SMILES string of the molecule is COC(=O)c1ccc(N2CCC(OC)CC2CN)nc1C. The van der Waals surface area contributed by atoms with Crippen molar-refractivity contribution in [1.82, 2.24) is 4.98 Å². The maximum absolute atomic E-state index is 11.6. The molecule has 1 aliphatic heterocycles. The van der Waals surface area contributed by atoms with Gasteiger partial charge in [-0.1, -0.05) is 0 Å². The third-order valence-corrected chi connectivity index (χ3v) is 4.04. The quantitative estimate of drug-likeness (QED) is 0.838. The lowest BCUT2D eigenvalue weighted by Crippen LogP contribution is -2.49. The van der Waals surface area contributed by atoms with E-state index in [4.69, 9.17) is 15.2 Å². The second-order valence-corrected chi connectivity index (χ2v) is 5.26. The number of carbonyl (C=O) groups excluding carboxylic acids is 1. The standard InChI is InChI=1S/C15H23N3O3/c1-10-13(15(19)21-3)4-5-14(17-10)18-7-6-12(20-2)8-11(18)9-16/h4-5,11-12H,6-9,16H2,1-3H3. The number of piperidine rings is 1. The monoisotopic (exact) mass is 293 g/mol. The van der Waals surface area contributed by atoms with Gasteiger partial charge in [0.05, 0.1) is 24.5 Å². The number of esters is 1. The van der Waals surface area contributed by atoms with Crippen LogP contribution in [0.1, 0.15) is 28.9 Å². The van der Waals surface area contributed by atoms with Crippen LogP contribution in [0.4, 0.5) is 5.82 Å². The first-order valence-electron chi connectivity index (χ1n) is 7.16. The Morgan fingerprint density at radius 2 is 2.24 bits per heavy atom. The van der Waals surface area contributed by atoms with Gasteiger partial charge in [-0.3, -0.25) is 0 Å². The Bertz CT molecular complexity index is 507. The van der Waals surface area contributed by atoms with Gasteiger partial charge < -0.3 is 20.1 Å². The fraction of sp³-hybridized carbons (Fsp3) is 0.600. The summed E-state index contributed by atoms with van der Waals surface area (Å²) in [6, 6.07) is 3.83. The molecule has 0 aromatic carbocycles. The number of nitrogens with two attached hydrogens (primary N) is 1. The van der Waals surface area contributed by atoms with Gasteiger partial charge in [-0.05, 0) is 31.9 Å². The third-order valence-electron chi connectivity index (χ3n) is 4.04. The summed E-state index contributed by atoms with van der Waals surface area (Å²) in [5.41, 5.74) is 7.05. The lowest BCUT2D eigenvalue weighted by Gasteiger charge is -2.39. The number of pyridine rings is 1. The van der Waals surface area contributed by atoms with Gasteiger partial charge in [-0.15, -0.1) is 0 Å². The summed E-state index contributed by atoms with van der Waals surface area (Å²) in [5.74, 6) is 0.491. The molecule has 2 N–H and O–H groups in total. The zero-order valence-corrected chi connectivity index (χ0v) is 12.8. The van der Waals surface area contributed by atoms with Gasteiger partial charge in [-0.25, -0.2) is 9.78 Å². The molecule has 0 radical (unpaired) electrons. The van der Waals surface area contributed by atoms with Crippen LogP contribution in [0.15, 0.2) is 12.1 Å². The molecule has 0 saturated carbocycles. The molecule has 116 valence electrons. The van der Waals surface area contributed by atoms with Gasteiger partial charge in [0, 0.05) is 26.2 Å². The molecule has 2 atom stereocenters. The Balaban J connectivity index is 2.21. The molecule has 1 aromatic rings. The van der Waals surface area contributed by atoms with Gasteiger partial charge in [-0.2, -0.15) is 0 Å². The van der Waals surface area contributed by atoms with Gasteiger partial charge in [0.25, 0.3) is 0 Å². The first kappa shape index (κ1) is 15.7. The van der Waals surface area contributed by atoms with Crippen molar-refractivity contribution in [2.24, 2.45) is 5.73 Å². The van der Waals surface area contributed by atoms with E-state index in [9.17, 15) is 4.79 Å². The molecule has 1 fully saturated rings. The molecule has 0 spiro atoms. The first-order chi connectivity index (χ1) is 10.1. The van der Waals surface area contributed by atoms with Crippen molar-refractivity contribution in [3.05, 3.63) is 23.4 Å². The highest BCUT2D eigenvalue weighted by Gasteiger charge is 2.28. The van der Waals surface area contributed by atoms with Crippen molar-refractivity contribution in [3.8, 4) is 0 Å². The molecule has 2 heterocycles. The molecule has 2 unspecified atom stereocenters. The number of ether oxygens (including phenoxy) is 2. The number of methoxy groups -OCH3 is 2. The predicted octanol–water partition coefficient (Wildman–Crippen LogP) is 1.12. The number of aryl methyl sites for hydroxylation is 1. The molecule has 1 aliphatic rings. The van der Waals surface area contributed by atoms with Crippen molar-refractivity contribution in [1.29, 1.82) is 0 Å². The molecular weight excluding hydrogens is 270 g/mol. The minimum atomic E-state index is -0.361. The third kappa shape index (κ3) is 3.33. The highest BCUT2D eigenvalue weighted by Crippen LogP contribution is 2.25. The maximum Gasteiger partial charge on any atom is 0.339 e. The number of rotatable bonds is 4. The molecule has 0 bridgehead atoms. The molecule has 2 rings (SSSR count). The predicted molar refractivity (Wildman–Crippen MR) is 80.5 cm³/mol. The van der Waals surface area contributed by atoms with Crippen molar-refractivity contribution in [2.75, 3.05) is 32.2 Å². The fourth-order valence-corrected chi connectivity index (χ4v) is 2.79. The normalized spacial score (nSPS) is 22.2. The highest BCUT2D eigenvalue weighted by atomic mass is 16.5. The lowest BCUT2D eigenvalue weighted by atomic mass is 9.99. The smallest absolute Gasteiger partial charge is 0.339 e. The van der Waals surface area contributed by atoms with Gasteiger partial charge in [0.1, 0.15) is 5.82 Å². The van der Waals surface area contributed by atoms with Crippen LogP contribution in [-0.4, -0.2) is 50.4 Å². The number of hydrogen-bond donors (Lipinski definition) is 1. The van der Waals surface area contributed by atoms with E-state index < -0.39 is 0 Å². The molecule has 0 aliphatic carbocycles. The molecule has 1 aromatic heterocycles. The number of aromatic nitrogens is 1. The van der Waals surface area contributed by atoms with Crippen LogP contribution in [0, 0.1) is 6.92 Å². The Hall–Kier alpha value is -1.66. The summed E-state index contributed by atoms with van der Waals surface area (Å²) in [5, 5.41) is 0. The van der Waals surface area contributed by atoms with E-state index in [1.807, 2.05) is 13.0 Å². The van der Waals surface area contributed by atoms with Crippen LogP contribution in [-0.2, 0) is 9.47 Å². The van der Waals surface area contributed by atoms with Gasteiger partial charge in [0.2, 0.25) is 0 Å². The number of nitrogens with zero attached hydrogens (tertiary/aromatic N) is 2. The Morgan fingerprint density at radius 3 is 2.81 bits per heavy atom. The molecule has 21 heavy (non-hydrogen) atoms. The van der Waals surface area contributed by atoms with Crippen LogP contribution in [0.25, 0.3) is 0 Å². The number of hydrogen-bond acceptors (Lipinski definition) is 6. The van der Waals surface area contributed by atoms with E-state index in [1.165, 1.54) is 7.11 Å². The van der Waals surface area contributed by atoms with Gasteiger partial charge >= 0.3 is 5.97 Å². The van der Waals surface area contributed by atoms with Crippen LogP contribution in [0.2, 0.25) is 0 Å². The molecule has 0 amide bonds. The Morgan fingerprint density at radius 1 is 1.48 bits per heavy atom. The van der Waals surface area contributed by atoms with Crippen LogP contribution in [0.3, 0.4) is 0 Å². The highest BCUT2D eigenvalue weighted by molar-refractivity contribution is 5.90. The number of anilines is 1.